The van der Waals surface area contributed by atoms with Gasteiger partial charge in [0, 0.05) is 16.5 Å². The monoisotopic (exact) mass is 365 g/mol. The number of thiazole rings is 1. The number of hydrogen-bond acceptors (Lipinski definition) is 7. The van der Waals surface area contributed by atoms with Crippen LogP contribution in [0.25, 0.3) is 22.0 Å². The van der Waals surface area contributed by atoms with Gasteiger partial charge in [-0.1, -0.05) is 0 Å². The highest BCUT2D eigenvalue weighted by atomic mass is 32.1. The molecule has 0 unspecified atom stereocenters. The Morgan fingerprint density at radius 1 is 0.962 bits per heavy atom. The van der Waals surface area contributed by atoms with Gasteiger partial charge in [-0.25, -0.2) is 4.98 Å². The maximum atomic E-state index is 5.81. The van der Waals surface area contributed by atoms with E-state index in [2.05, 4.69) is 15.2 Å². The molecule has 130 valence electrons. The van der Waals surface area contributed by atoms with E-state index < -0.39 is 0 Å². The first-order valence-electron chi connectivity index (χ1n) is 7.90. The van der Waals surface area contributed by atoms with Crippen LogP contribution in [0.15, 0.2) is 64.7 Å². The predicted octanol–water partition coefficient (Wildman–Crippen LogP) is 4.45. The van der Waals surface area contributed by atoms with Gasteiger partial charge in [0.2, 0.25) is 12.3 Å². The number of benzene rings is 2. The molecule has 7 heteroatoms. The quantitative estimate of drug-likeness (QED) is 0.503. The first kappa shape index (κ1) is 16.3. The van der Waals surface area contributed by atoms with Crippen LogP contribution in [0.2, 0.25) is 0 Å². The predicted molar refractivity (Wildman–Crippen MR) is 98.2 cm³/mol. The fourth-order valence-corrected chi connectivity index (χ4v) is 3.20. The molecule has 6 nitrogen and oxygen atoms in total. The second kappa shape index (κ2) is 7.37. The van der Waals surface area contributed by atoms with E-state index in [0.717, 1.165) is 33.3 Å². The molecule has 0 saturated heterocycles. The Balaban J connectivity index is 1.39. The number of ether oxygens (including phenoxy) is 2. The number of hydrogen-bond donors (Lipinski definition) is 0. The highest BCUT2D eigenvalue weighted by Gasteiger charge is 2.07. The fourth-order valence-electron chi connectivity index (χ4n) is 2.39. The van der Waals surface area contributed by atoms with Crippen molar-refractivity contribution in [3.05, 3.63) is 66.0 Å². The maximum Gasteiger partial charge on any atom is 0.247 e. The molecule has 26 heavy (non-hydrogen) atoms. The molecule has 2 aromatic heterocycles. The molecule has 0 aliphatic rings. The molecule has 4 rings (SSSR count). The zero-order valence-electron chi connectivity index (χ0n) is 14.0. The van der Waals surface area contributed by atoms with E-state index in [1.54, 1.807) is 18.4 Å². The molecule has 0 aliphatic carbocycles. The van der Waals surface area contributed by atoms with Gasteiger partial charge in [0.05, 0.1) is 12.8 Å². The highest BCUT2D eigenvalue weighted by Crippen LogP contribution is 2.26. The molecular weight excluding hydrogens is 350 g/mol. The summed E-state index contributed by atoms with van der Waals surface area (Å²) in [5.74, 6) is 2.07. The van der Waals surface area contributed by atoms with Gasteiger partial charge in [-0.3, -0.25) is 0 Å². The summed E-state index contributed by atoms with van der Waals surface area (Å²) in [5.41, 5.74) is 2.80. The lowest BCUT2D eigenvalue weighted by atomic mass is 10.2. The van der Waals surface area contributed by atoms with E-state index in [1.807, 2.05) is 53.9 Å². The lowest BCUT2D eigenvalue weighted by Crippen LogP contribution is -1.95. The van der Waals surface area contributed by atoms with Crippen LogP contribution in [0.1, 0.15) is 5.69 Å². The van der Waals surface area contributed by atoms with Gasteiger partial charge in [0.15, 0.2) is 0 Å². The Morgan fingerprint density at radius 3 is 2.38 bits per heavy atom. The third-order valence-corrected chi connectivity index (χ3v) is 4.68. The van der Waals surface area contributed by atoms with Crippen LogP contribution >= 0.6 is 11.3 Å². The molecule has 0 spiro atoms. The van der Waals surface area contributed by atoms with E-state index in [1.165, 1.54) is 6.39 Å². The zero-order chi connectivity index (χ0) is 17.8. The number of methoxy groups -OCH3 is 1. The van der Waals surface area contributed by atoms with E-state index in [4.69, 9.17) is 13.9 Å². The van der Waals surface area contributed by atoms with E-state index in [-0.39, 0.29) is 0 Å². The Kier molecular flexibility index (Phi) is 4.61. The van der Waals surface area contributed by atoms with Gasteiger partial charge >= 0.3 is 0 Å². The molecule has 0 saturated carbocycles. The molecule has 0 amide bonds. The van der Waals surface area contributed by atoms with Crippen molar-refractivity contribution in [2.24, 2.45) is 0 Å². The zero-order valence-corrected chi connectivity index (χ0v) is 14.8. The normalized spacial score (nSPS) is 10.7. The summed E-state index contributed by atoms with van der Waals surface area (Å²) in [4.78, 5) is 4.63. The number of nitrogens with zero attached hydrogens (tertiary/aromatic N) is 3. The van der Waals surface area contributed by atoms with Crippen LogP contribution < -0.4 is 9.47 Å². The van der Waals surface area contributed by atoms with Gasteiger partial charge in [-0.2, -0.15) is 0 Å². The van der Waals surface area contributed by atoms with Crippen molar-refractivity contribution in [1.82, 2.24) is 15.2 Å². The Hall–Kier alpha value is -3.19. The molecule has 0 radical (unpaired) electrons. The third-order valence-electron chi connectivity index (χ3n) is 3.74. The Labute approximate surface area is 154 Å². The van der Waals surface area contributed by atoms with Gasteiger partial charge < -0.3 is 13.9 Å². The minimum Gasteiger partial charge on any atom is -0.497 e. The second-order valence-corrected chi connectivity index (χ2v) is 6.29. The summed E-state index contributed by atoms with van der Waals surface area (Å²) in [7, 11) is 1.66. The molecule has 4 aromatic rings. The molecule has 2 heterocycles. The third kappa shape index (κ3) is 3.57. The molecule has 0 N–H and O–H groups in total. The van der Waals surface area contributed by atoms with Crippen molar-refractivity contribution in [1.29, 1.82) is 0 Å². The molecule has 0 aliphatic heterocycles. The summed E-state index contributed by atoms with van der Waals surface area (Å²) in [6.45, 7) is 0.409. The number of aromatic nitrogens is 3. The van der Waals surface area contributed by atoms with Crippen LogP contribution in [0.4, 0.5) is 0 Å². The van der Waals surface area contributed by atoms with Crippen LogP contribution in [-0.4, -0.2) is 22.3 Å². The summed E-state index contributed by atoms with van der Waals surface area (Å²) in [6.07, 6.45) is 1.31. The van der Waals surface area contributed by atoms with E-state index >= 15 is 0 Å². The van der Waals surface area contributed by atoms with Crippen molar-refractivity contribution in [2.75, 3.05) is 7.11 Å². The standard InChI is InChI=1S/C19H15N3O3S/c1-23-16-6-4-14(5-7-16)19-21-15(11-26-19)10-24-17-8-2-13(3-9-17)18-22-20-12-25-18/h2-9,11-12H,10H2,1H3. The van der Waals surface area contributed by atoms with E-state index in [0.29, 0.717) is 12.5 Å². The molecule has 2 aromatic carbocycles. The molecule has 0 bridgehead atoms. The van der Waals surface area contributed by atoms with E-state index in [9.17, 15) is 0 Å². The topological polar surface area (TPSA) is 70.3 Å². The van der Waals surface area contributed by atoms with Gasteiger partial charge in [0.1, 0.15) is 23.1 Å². The van der Waals surface area contributed by atoms with Gasteiger partial charge in [-0.15, -0.1) is 21.5 Å². The molecule has 0 fully saturated rings. The van der Waals surface area contributed by atoms with Crippen molar-refractivity contribution < 1.29 is 13.9 Å². The smallest absolute Gasteiger partial charge is 0.247 e. The summed E-state index contributed by atoms with van der Waals surface area (Å²) >= 11 is 1.59. The number of rotatable bonds is 6. The van der Waals surface area contributed by atoms with Crippen molar-refractivity contribution >= 4 is 11.3 Å². The summed E-state index contributed by atoms with van der Waals surface area (Å²) < 4.78 is 16.2. The average Bonchev–Trinajstić information content (AvgIpc) is 3.39. The minimum absolute atomic E-state index is 0.409. The lowest BCUT2D eigenvalue weighted by molar-refractivity contribution is 0.302. The van der Waals surface area contributed by atoms with Gasteiger partial charge in [-0.05, 0) is 48.5 Å². The lowest BCUT2D eigenvalue weighted by Gasteiger charge is -2.04. The average molecular weight is 365 g/mol. The van der Waals surface area contributed by atoms with Gasteiger partial charge in [0.25, 0.3) is 0 Å². The minimum atomic E-state index is 0.409. The second-order valence-electron chi connectivity index (χ2n) is 5.43. The molecular formula is C19H15N3O3S. The summed E-state index contributed by atoms with van der Waals surface area (Å²) in [6, 6.07) is 15.4. The van der Waals surface area contributed by atoms with Crippen molar-refractivity contribution in [2.45, 2.75) is 6.61 Å². The maximum absolute atomic E-state index is 5.81. The Morgan fingerprint density at radius 2 is 1.69 bits per heavy atom. The van der Waals surface area contributed by atoms with Crippen molar-refractivity contribution in [3.8, 4) is 33.5 Å². The first-order chi connectivity index (χ1) is 12.8. The van der Waals surface area contributed by atoms with Crippen molar-refractivity contribution in [3.63, 3.8) is 0 Å². The summed E-state index contributed by atoms with van der Waals surface area (Å²) in [5, 5.41) is 10.5. The first-order valence-corrected chi connectivity index (χ1v) is 8.78. The van der Waals surface area contributed by atoms with Crippen LogP contribution in [0, 0.1) is 0 Å². The highest BCUT2D eigenvalue weighted by molar-refractivity contribution is 7.13. The Bertz CT molecular complexity index is 964. The SMILES string of the molecule is COc1ccc(-c2nc(COc3ccc(-c4nnco4)cc3)cs2)cc1. The van der Waals surface area contributed by atoms with Crippen LogP contribution in [0.3, 0.4) is 0 Å². The molecule has 0 atom stereocenters. The fraction of sp³-hybridized carbons (Fsp3) is 0.105. The largest absolute Gasteiger partial charge is 0.497 e. The van der Waals surface area contributed by atoms with Crippen LogP contribution in [-0.2, 0) is 6.61 Å². The van der Waals surface area contributed by atoms with Crippen LogP contribution in [0.5, 0.6) is 11.5 Å².